The van der Waals surface area contributed by atoms with Gasteiger partial charge >= 0.3 is 6.03 Å². The van der Waals surface area contributed by atoms with Gasteiger partial charge in [0.1, 0.15) is 12.0 Å². The lowest BCUT2D eigenvalue weighted by Gasteiger charge is -2.30. The van der Waals surface area contributed by atoms with Crippen molar-refractivity contribution >= 4 is 28.4 Å². The summed E-state index contributed by atoms with van der Waals surface area (Å²) < 4.78 is 28.4. The Morgan fingerprint density at radius 1 is 1.13 bits per heavy atom. The molecule has 1 aromatic carbocycles. The van der Waals surface area contributed by atoms with Gasteiger partial charge in [0.25, 0.3) is 0 Å². The second-order valence-corrected chi connectivity index (χ2v) is 10.6. The molecule has 3 aromatic rings. The van der Waals surface area contributed by atoms with E-state index in [1.807, 2.05) is 32.6 Å². The van der Waals surface area contributed by atoms with Gasteiger partial charge in [-0.15, -0.1) is 0 Å². The van der Waals surface area contributed by atoms with Crippen molar-refractivity contribution in [2.45, 2.75) is 71.7 Å². The number of carbonyl (C=O) groups is 1. The number of hydrogen-bond acceptors (Lipinski definition) is 6. The summed E-state index contributed by atoms with van der Waals surface area (Å²) in [4.78, 5) is 25.1. The number of urea groups is 1. The molecule has 2 fully saturated rings. The maximum Gasteiger partial charge on any atom is 0.322 e. The van der Waals surface area contributed by atoms with E-state index in [2.05, 4.69) is 15.3 Å². The minimum atomic E-state index is -0.323. The van der Waals surface area contributed by atoms with Crippen LogP contribution in [0.25, 0.3) is 22.6 Å². The number of fused-ring (bicyclic) bond motifs is 1. The highest BCUT2D eigenvalue weighted by Gasteiger charge is 2.26. The molecule has 4 heterocycles. The molecule has 0 radical (unpaired) electrons. The fourth-order valence-electron chi connectivity index (χ4n) is 5.34. The summed E-state index contributed by atoms with van der Waals surface area (Å²) in [6.45, 7) is 11.2. The Balaban J connectivity index is 1.51. The normalized spacial score (nSPS) is 18.8. The highest BCUT2D eigenvalue weighted by atomic mass is 19.1. The van der Waals surface area contributed by atoms with Crippen LogP contribution < -0.4 is 10.2 Å². The van der Waals surface area contributed by atoms with Crippen LogP contribution in [0.15, 0.2) is 18.3 Å². The number of nitrogens with zero attached hydrogens (tertiary/aromatic N) is 5. The zero-order valence-electron chi connectivity index (χ0n) is 22.7. The van der Waals surface area contributed by atoms with Crippen molar-refractivity contribution in [3.05, 3.63) is 24.1 Å². The second-order valence-electron chi connectivity index (χ2n) is 10.6. The number of hydrogen-bond donors (Lipinski definition) is 2. The molecule has 0 bridgehead atoms. The molecule has 1 unspecified atom stereocenters. The first-order valence-electron chi connectivity index (χ1n) is 13.6. The van der Waals surface area contributed by atoms with Crippen LogP contribution in [0.4, 0.5) is 20.6 Å². The lowest BCUT2D eigenvalue weighted by atomic mass is 10.2. The van der Waals surface area contributed by atoms with Crippen molar-refractivity contribution in [3.63, 3.8) is 0 Å². The molecule has 2 aromatic heterocycles. The van der Waals surface area contributed by atoms with Gasteiger partial charge in [-0.1, -0.05) is 0 Å². The van der Waals surface area contributed by atoms with Crippen LogP contribution in [0.2, 0.25) is 0 Å². The van der Waals surface area contributed by atoms with Crippen LogP contribution in [-0.4, -0.2) is 75.7 Å². The first kappa shape index (κ1) is 26.4. The van der Waals surface area contributed by atoms with E-state index < -0.39 is 0 Å². The van der Waals surface area contributed by atoms with E-state index in [0.717, 1.165) is 32.2 Å². The van der Waals surface area contributed by atoms with Crippen molar-refractivity contribution in [1.29, 1.82) is 0 Å². The van der Waals surface area contributed by atoms with Crippen LogP contribution in [-0.2, 0) is 9.47 Å². The number of amides is 2. The van der Waals surface area contributed by atoms with Crippen molar-refractivity contribution < 1.29 is 18.7 Å². The van der Waals surface area contributed by atoms with E-state index >= 15 is 4.39 Å². The Hall–Kier alpha value is -3.18. The zero-order chi connectivity index (χ0) is 26.8. The standard InChI is InChI=1S/C27H38FN7O3/c1-17(2)35(18(3)4)27(36)31-22-16-34(24-8-5-6-12-38-24)32-25(22)26-29-20-14-19(28)23(15-21(20)30-26)33-9-7-11-37-13-10-33/h14-18,24H,5-13H2,1-4H3,(H,29,30)(H,31,36). The molecule has 2 amide bonds. The van der Waals surface area contributed by atoms with E-state index in [1.54, 1.807) is 21.8 Å². The summed E-state index contributed by atoms with van der Waals surface area (Å²) in [5.74, 6) is 0.137. The van der Waals surface area contributed by atoms with Crippen LogP contribution >= 0.6 is 0 Å². The van der Waals surface area contributed by atoms with E-state index in [-0.39, 0.29) is 30.2 Å². The SMILES string of the molecule is CC(C)N(C(=O)Nc1cn(C2CCCCO2)nc1-c1nc2cc(F)c(N3CCCOCC3)cc2[nH]1)C(C)C. The molecule has 5 rings (SSSR count). The Morgan fingerprint density at radius 3 is 2.68 bits per heavy atom. The molecule has 0 saturated carbocycles. The highest BCUT2D eigenvalue weighted by molar-refractivity contribution is 5.94. The fraction of sp³-hybridized carbons (Fsp3) is 0.593. The summed E-state index contributed by atoms with van der Waals surface area (Å²) in [5.41, 5.74) is 2.74. The number of H-pyrrole nitrogens is 1. The Morgan fingerprint density at radius 2 is 1.95 bits per heavy atom. The van der Waals surface area contributed by atoms with Crippen LogP contribution in [0, 0.1) is 5.82 Å². The Kier molecular flexibility index (Phi) is 7.85. The topological polar surface area (TPSA) is 101 Å². The molecule has 2 N–H and O–H groups in total. The first-order valence-corrected chi connectivity index (χ1v) is 13.6. The van der Waals surface area contributed by atoms with Gasteiger partial charge in [0.2, 0.25) is 0 Å². The average molecular weight is 528 g/mol. The molecule has 0 aliphatic carbocycles. The van der Waals surface area contributed by atoms with Crippen LogP contribution in [0.1, 0.15) is 59.6 Å². The summed E-state index contributed by atoms with van der Waals surface area (Å²) in [6.07, 6.45) is 5.35. The molecule has 2 saturated heterocycles. The number of benzene rings is 1. The van der Waals surface area contributed by atoms with Crippen molar-refractivity contribution in [3.8, 4) is 11.5 Å². The quantitative estimate of drug-likeness (QED) is 0.460. The number of aromatic nitrogens is 4. The number of imidazole rings is 1. The molecular weight excluding hydrogens is 489 g/mol. The fourth-order valence-corrected chi connectivity index (χ4v) is 5.34. The number of ether oxygens (including phenoxy) is 2. The molecule has 2 aliphatic rings. The van der Waals surface area contributed by atoms with Crippen molar-refractivity contribution in [2.24, 2.45) is 0 Å². The van der Waals surface area contributed by atoms with Crippen molar-refractivity contribution in [2.75, 3.05) is 43.1 Å². The Bertz CT molecular complexity index is 1250. The number of aromatic amines is 1. The van der Waals surface area contributed by atoms with E-state index in [1.165, 1.54) is 6.07 Å². The molecule has 38 heavy (non-hydrogen) atoms. The highest BCUT2D eigenvalue weighted by Crippen LogP contribution is 2.33. The number of halogens is 1. The number of rotatable bonds is 6. The second kappa shape index (κ2) is 11.3. The minimum absolute atomic E-state index is 0.0205. The largest absolute Gasteiger partial charge is 0.380 e. The smallest absolute Gasteiger partial charge is 0.322 e. The van der Waals surface area contributed by atoms with Gasteiger partial charge in [-0.2, -0.15) is 5.10 Å². The molecule has 0 spiro atoms. The lowest BCUT2D eigenvalue weighted by Crippen LogP contribution is -2.44. The van der Waals surface area contributed by atoms with E-state index in [9.17, 15) is 4.79 Å². The predicted molar refractivity (Wildman–Crippen MR) is 145 cm³/mol. The molecule has 10 nitrogen and oxygen atoms in total. The van der Waals surface area contributed by atoms with E-state index in [0.29, 0.717) is 60.3 Å². The summed E-state index contributed by atoms with van der Waals surface area (Å²) in [6, 6.07) is 3.08. The number of anilines is 2. The number of nitrogens with one attached hydrogen (secondary N) is 2. The van der Waals surface area contributed by atoms with Gasteiger partial charge in [-0.05, 0) is 59.4 Å². The molecule has 2 aliphatic heterocycles. The monoisotopic (exact) mass is 527 g/mol. The first-order chi connectivity index (χ1) is 18.3. The lowest BCUT2D eigenvalue weighted by molar-refractivity contribution is -0.0393. The third kappa shape index (κ3) is 5.49. The Labute approximate surface area is 222 Å². The van der Waals surface area contributed by atoms with E-state index in [4.69, 9.17) is 14.6 Å². The third-order valence-corrected chi connectivity index (χ3v) is 7.11. The van der Waals surface area contributed by atoms with Gasteiger partial charge in [-0.3, -0.25) is 0 Å². The minimum Gasteiger partial charge on any atom is -0.380 e. The van der Waals surface area contributed by atoms with Crippen LogP contribution in [0.5, 0.6) is 0 Å². The zero-order valence-corrected chi connectivity index (χ0v) is 22.7. The van der Waals surface area contributed by atoms with Crippen LogP contribution in [0.3, 0.4) is 0 Å². The third-order valence-electron chi connectivity index (χ3n) is 7.11. The van der Waals surface area contributed by atoms with Gasteiger partial charge in [-0.25, -0.2) is 18.9 Å². The predicted octanol–water partition coefficient (Wildman–Crippen LogP) is 5.14. The maximum atomic E-state index is 15.2. The molecule has 206 valence electrons. The molecule has 1 atom stereocenters. The molecule has 11 heteroatoms. The molecular formula is C27H38FN7O3. The van der Waals surface area contributed by atoms with Gasteiger partial charge in [0.15, 0.2) is 11.5 Å². The summed E-state index contributed by atoms with van der Waals surface area (Å²) in [7, 11) is 0. The summed E-state index contributed by atoms with van der Waals surface area (Å²) in [5, 5.41) is 7.84. The van der Waals surface area contributed by atoms with Gasteiger partial charge in [0.05, 0.1) is 35.2 Å². The van der Waals surface area contributed by atoms with Gasteiger partial charge < -0.3 is 29.6 Å². The summed E-state index contributed by atoms with van der Waals surface area (Å²) >= 11 is 0. The van der Waals surface area contributed by atoms with Gasteiger partial charge in [0, 0.05) is 44.5 Å². The van der Waals surface area contributed by atoms with Crippen molar-refractivity contribution in [1.82, 2.24) is 24.6 Å². The number of carbonyl (C=O) groups excluding carboxylic acids is 1. The average Bonchev–Trinajstić information content (AvgIpc) is 3.37. The maximum absolute atomic E-state index is 15.2.